The number of hydrogen-bond donors (Lipinski definition) is 3. The number of hydrogen-bond acceptors (Lipinski definition) is 2. The van der Waals surface area contributed by atoms with E-state index >= 15 is 0 Å². The van der Waals surface area contributed by atoms with Gasteiger partial charge in [0.25, 0.3) is 0 Å². The Balaban J connectivity index is 1.96. The molecule has 24 heavy (non-hydrogen) atoms. The molecule has 4 heteroatoms. The fraction of sp³-hybridized carbons (Fsp3) is 0.350. The zero-order valence-corrected chi connectivity index (χ0v) is 14.7. The molecule has 128 valence electrons. The van der Waals surface area contributed by atoms with Crippen molar-refractivity contribution in [3.63, 3.8) is 0 Å². The summed E-state index contributed by atoms with van der Waals surface area (Å²) in [6.07, 6.45) is -0.562. The quantitative estimate of drug-likeness (QED) is 0.565. The van der Waals surface area contributed by atoms with Gasteiger partial charge in [-0.3, -0.25) is 0 Å². The number of aliphatic hydroxyl groups is 1. The lowest BCUT2D eigenvalue weighted by molar-refractivity contribution is 0.181. The Bertz CT molecular complexity index is 665. The average molecular weight is 325 g/mol. The Kier molecular flexibility index (Phi) is 6.82. The van der Waals surface area contributed by atoms with Gasteiger partial charge in [-0.05, 0) is 37.5 Å². The molecule has 3 N–H and O–H groups in total. The van der Waals surface area contributed by atoms with Crippen molar-refractivity contribution in [1.82, 2.24) is 10.6 Å². The van der Waals surface area contributed by atoms with Crippen molar-refractivity contribution in [2.24, 2.45) is 4.99 Å². The van der Waals surface area contributed by atoms with Crippen LogP contribution in [0.4, 0.5) is 0 Å². The summed E-state index contributed by atoms with van der Waals surface area (Å²) < 4.78 is 0. The van der Waals surface area contributed by atoms with Crippen LogP contribution in [0.1, 0.15) is 35.3 Å². The molecule has 2 aromatic rings. The number of nitrogens with zero attached hydrogens (tertiary/aromatic N) is 1. The minimum Gasteiger partial charge on any atom is -0.387 e. The maximum absolute atomic E-state index is 10.3. The number of guanidine groups is 1. The van der Waals surface area contributed by atoms with E-state index in [-0.39, 0.29) is 0 Å². The van der Waals surface area contributed by atoms with E-state index in [1.807, 2.05) is 50.2 Å². The number of rotatable bonds is 6. The topological polar surface area (TPSA) is 56.7 Å². The molecule has 2 rings (SSSR count). The van der Waals surface area contributed by atoms with Gasteiger partial charge in [-0.1, -0.05) is 54.1 Å². The Hall–Kier alpha value is -2.33. The van der Waals surface area contributed by atoms with Crippen molar-refractivity contribution >= 4 is 5.96 Å². The Morgan fingerprint density at radius 1 is 1.04 bits per heavy atom. The van der Waals surface area contributed by atoms with Crippen LogP contribution in [0.3, 0.4) is 0 Å². The molecule has 0 amide bonds. The fourth-order valence-electron chi connectivity index (χ4n) is 2.39. The van der Waals surface area contributed by atoms with E-state index in [9.17, 15) is 5.11 Å². The van der Waals surface area contributed by atoms with Crippen LogP contribution in [-0.4, -0.2) is 24.2 Å². The van der Waals surface area contributed by atoms with Crippen molar-refractivity contribution < 1.29 is 5.11 Å². The highest BCUT2D eigenvalue weighted by Gasteiger charge is 2.08. The summed E-state index contributed by atoms with van der Waals surface area (Å²) in [6, 6.07) is 16.2. The van der Waals surface area contributed by atoms with E-state index in [0.717, 1.165) is 12.1 Å². The van der Waals surface area contributed by atoms with E-state index in [2.05, 4.69) is 34.7 Å². The summed E-state index contributed by atoms with van der Waals surface area (Å²) in [5.74, 6) is 0.715. The number of aliphatic hydroxyl groups excluding tert-OH is 1. The number of aryl methyl sites for hydroxylation is 2. The molecule has 2 aromatic carbocycles. The summed E-state index contributed by atoms with van der Waals surface area (Å²) in [7, 11) is 0. The van der Waals surface area contributed by atoms with Crippen LogP contribution in [0.15, 0.2) is 53.5 Å². The van der Waals surface area contributed by atoms with Gasteiger partial charge in [0, 0.05) is 13.1 Å². The third kappa shape index (κ3) is 5.39. The molecule has 0 spiro atoms. The number of aliphatic imine (C=N–C) groups is 1. The standard InChI is InChI=1S/C20H27N3O/c1-4-21-20(22-13-18-8-6-5-7-16(18)3)23-14-19(24)17-11-9-15(2)10-12-17/h5-12,19,24H,4,13-14H2,1-3H3,(H2,21,22,23). The lowest BCUT2D eigenvalue weighted by Crippen LogP contribution is -2.39. The number of nitrogens with one attached hydrogen (secondary N) is 2. The first-order valence-electron chi connectivity index (χ1n) is 8.41. The second-order valence-corrected chi connectivity index (χ2v) is 5.93. The molecule has 1 atom stereocenters. The highest BCUT2D eigenvalue weighted by atomic mass is 16.3. The molecular weight excluding hydrogens is 298 g/mol. The zero-order chi connectivity index (χ0) is 17.4. The van der Waals surface area contributed by atoms with Crippen molar-refractivity contribution in [2.45, 2.75) is 33.4 Å². The van der Waals surface area contributed by atoms with Crippen LogP contribution in [0.25, 0.3) is 0 Å². The van der Waals surface area contributed by atoms with Gasteiger partial charge in [-0.15, -0.1) is 0 Å². The second kappa shape index (κ2) is 9.08. The van der Waals surface area contributed by atoms with Crippen molar-refractivity contribution in [1.29, 1.82) is 0 Å². The highest BCUT2D eigenvalue weighted by Crippen LogP contribution is 2.12. The Morgan fingerprint density at radius 3 is 2.42 bits per heavy atom. The fourth-order valence-corrected chi connectivity index (χ4v) is 2.39. The van der Waals surface area contributed by atoms with E-state index in [1.165, 1.54) is 16.7 Å². The lowest BCUT2D eigenvalue weighted by atomic mass is 10.1. The van der Waals surface area contributed by atoms with Gasteiger partial charge in [-0.2, -0.15) is 0 Å². The summed E-state index contributed by atoms with van der Waals surface area (Å²) in [5.41, 5.74) is 4.53. The summed E-state index contributed by atoms with van der Waals surface area (Å²) in [5, 5.41) is 16.7. The van der Waals surface area contributed by atoms with Crippen LogP contribution in [-0.2, 0) is 6.54 Å². The minimum atomic E-state index is -0.562. The first kappa shape index (κ1) is 18.0. The first-order valence-corrected chi connectivity index (χ1v) is 8.41. The molecular formula is C20H27N3O. The van der Waals surface area contributed by atoms with Gasteiger partial charge in [0.1, 0.15) is 0 Å². The van der Waals surface area contributed by atoms with Crippen LogP contribution in [0, 0.1) is 13.8 Å². The van der Waals surface area contributed by atoms with Gasteiger partial charge in [0.2, 0.25) is 0 Å². The van der Waals surface area contributed by atoms with Crippen LogP contribution < -0.4 is 10.6 Å². The Labute approximate surface area is 144 Å². The van der Waals surface area contributed by atoms with Gasteiger partial charge in [0.15, 0.2) is 5.96 Å². The predicted molar refractivity (Wildman–Crippen MR) is 100 cm³/mol. The van der Waals surface area contributed by atoms with E-state index in [1.54, 1.807) is 0 Å². The van der Waals surface area contributed by atoms with E-state index in [4.69, 9.17) is 0 Å². The first-order chi connectivity index (χ1) is 11.6. The summed E-state index contributed by atoms with van der Waals surface area (Å²) in [4.78, 5) is 4.61. The van der Waals surface area contributed by atoms with Crippen LogP contribution >= 0.6 is 0 Å². The van der Waals surface area contributed by atoms with Gasteiger partial charge in [0.05, 0.1) is 12.6 Å². The molecule has 0 bridgehead atoms. The van der Waals surface area contributed by atoms with Gasteiger partial charge in [-0.25, -0.2) is 4.99 Å². The maximum Gasteiger partial charge on any atom is 0.191 e. The highest BCUT2D eigenvalue weighted by molar-refractivity contribution is 5.79. The average Bonchev–Trinajstić information content (AvgIpc) is 2.59. The molecule has 0 heterocycles. The predicted octanol–water partition coefficient (Wildman–Crippen LogP) is 3.09. The zero-order valence-electron chi connectivity index (χ0n) is 14.7. The number of benzene rings is 2. The van der Waals surface area contributed by atoms with Crippen molar-refractivity contribution in [2.75, 3.05) is 13.1 Å². The molecule has 0 saturated heterocycles. The van der Waals surface area contributed by atoms with Crippen LogP contribution in [0.5, 0.6) is 0 Å². The molecule has 4 nitrogen and oxygen atoms in total. The largest absolute Gasteiger partial charge is 0.387 e. The van der Waals surface area contributed by atoms with Gasteiger partial charge < -0.3 is 15.7 Å². The smallest absolute Gasteiger partial charge is 0.191 e. The van der Waals surface area contributed by atoms with Gasteiger partial charge >= 0.3 is 0 Å². The van der Waals surface area contributed by atoms with E-state index in [0.29, 0.717) is 19.0 Å². The molecule has 0 saturated carbocycles. The summed E-state index contributed by atoms with van der Waals surface area (Å²) in [6.45, 7) is 7.97. The minimum absolute atomic E-state index is 0.419. The third-order valence-electron chi connectivity index (χ3n) is 3.94. The monoisotopic (exact) mass is 325 g/mol. The molecule has 0 aliphatic rings. The molecule has 0 aliphatic carbocycles. The molecule has 0 fully saturated rings. The normalized spacial score (nSPS) is 12.8. The molecule has 0 aromatic heterocycles. The lowest BCUT2D eigenvalue weighted by Gasteiger charge is -2.16. The maximum atomic E-state index is 10.3. The molecule has 0 radical (unpaired) electrons. The SMILES string of the molecule is CCNC(=NCc1ccccc1C)NCC(O)c1ccc(C)cc1. The third-order valence-corrected chi connectivity index (χ3v) is 3.94. The molecule has 1 unspecified atom stereocenters. The molecule has 0 aliphatic heterocycles. The second-order valence-electron chi connectivity index (χ2n) is 5.93. The van der Waals surface area contributed by atoms with Crippen molar-refractivity contribution in [3.05, 3.63) is 70.8 Å². The van der Waals surface area contributed by atoms with E-state index < -0.39 is 6.10 Å². The van der Waals surface area contributed by atoms with Crippen molar-refractivity contribution in [3.8, 4) is 0 Å². The van der Waals surface area contributed by atoms with Crippen LogP contribution in [0.2, 0.25) is 0 Å². The summed E-state index contributed by atoms with van der Waals surface area (Å²) >= 11 is 0. The Morgan fingerprint density at radius 2 is 1.75 bits per heavy atom.